The van der Waals surface area contributed by atoms with Crippen LogP contribution in [0, 0.1) is 5.92 Å². The maximum atomic E-state index is 12.8. The standard InChI is InChI=1S/C16H23FN2O4S/c1-18(2)15(13-4-6-14(23-3)7-5-13)10-19-9-12(8-16(19)20)11-24(17,21)22/h4-7,12,15H,8-11H2,1-3H3. The van der Waals surface area contributed by atoms with Gasteiger partial charge in [-0.25, -0.2) is 0 Å². The van der Waals surface area contributed by atoms with Gasteiger partial charge < -0.3 is 14.5 Å². The second kappa shape index (κ2) is 7.48. The van der Waals surface area contributed by atoms with E-state index in [1.165, 1.54) is 0 Å². The van der Waals surface area contributed by atoms with Gasteiger partial charge in [0, 0.05) is 25.4 Å². The third-order valence-corrected chi connectivity index (χ3v) is 5.12. The normalized spacial score (nSPS) is 19.8. The Kier molecular flexibility index (Phi) is 5.82. The number of carbonyl (C=O) groups is 1. The Morgan fingerprint density at radius 2 is 1.96 bits per heavy atom. The zero-order valence-electron chi connectivity index (χ0n) is 14.1. The van der Waals surface area contributed by atoms with Crippen LogP contribution < -0.4 is 4.74 Å². The van der Waals surface area contributed by atoms with Crippen LogP contribution in [-0.4, -0.2) is 64.2 Å². The Balaban J connectivity index is 2.09. The molecule has 0 aliphatic carbocycles. The van der Waals surface area contributed by atoms with Crippen molar-refractivity contribution in [3.8, 4) is 5.75 Å². The maximum absolute atomic E-state index is 12.8. The molecule has 0 saturated carbocycles. The van der Waals surface area contributed by atoms with Crippen molar-refractivity contribution in [2.24, 2.45) is 5.92 Å². The first-order valence-electron chi connectivity index (χ1n) is 7.70. The number of carbonyl (C=O) groups excluding carboxylic acids is 1. The van der Waals surface area contributed by atoms with E-state index in [1.54, 1.807) is 12.0 Å². The SMILES string of the molecule is COc1ccc(C(CN2CC(CS(=O)(=O)F)CC2=O)N(C)C)cc1. The minimum atomic E-state index is -4.56. The van der Waals surface area contributed by atoms with Crippen molar-refractivity contribution in [2.45, 2.75) is 12.5 Å². The van der Waals surface area contributed by atoms with E-state index in [1.807, 2.05) is 43.3 Å². The fraction of sp³-hybridized carbons (Fsp3) is 0.562. The molecule has 1 aliphatic heterocycles. The van der Waals surface area contributed by atoms with Gasteiger partial charge in [-0.1, -0.05) is 12.1 Å². The van der Waals surface area contributed by atoms with Gasteiger partial charge in [0.1, 0.15) is 5.75 Å². The van der Waals surface area contributed by atoms with E-state index in [4.69, 9.17) is 4.74 Å². The molecule has 1 aromatic rings. The molecule has 0 aromatic heterocycles. The molecule has 1 saturated heterocycles. The maximum Gasteiger partial charge on any atom is 0.302 e. The van der Waals surface area contributed by atoms with Gasteiger partial charge in [-0.3, -0.25) is 4.79 Å². The molecule has 2 rings (SSSR count). The van der Waals surface area contributed by atoms with E-state index in [2.05, 4.69) is 0 Å². The summed E-state index contributed by atoms with van der Waals surface area (Å²) >= 11 is 0. The summed E-state index contributed by atoms with van der Waals surface area (Å²) < 4.78 is 39.6. The van der Waals surface area contributed by atoms with E-state index in [0.717, 1.165) is 11.3 Å². The third kappa shape index (κ3) is 4.91. The lowest BCUT2D eigenvalue weighted by atomic mass is 10.1. The molecule has 1 amide bonds. The average Bonchev–Trinajstić information content (AvgIpc) is 2.82. The summed E-state index contributed by atoms with van der Waals surface area (Å²) in [5, 5.41) is 0. The number of amides is 1. The molecule has 134 valence electrons. The molecule has 24 heavy (non-hydrogen) atoms. The number of methoxy groups -OCH3 is 1. The number of hydrogen-bond donors (Lipinski definition) is 0. The highest BCUT2D eigenvalue weighted by Crippen LogP contribution is 2.26. The number of halogens is 1. The minimum Gasteiger partial charge on any atom is -0.497 e. The van der Waals surface area contributed by atoms with Crippen molar-refractivity contribution in [1.82, 2.24) is 9.80 Å². The minimum absolute atomic E-state index is 0.0411. The number of ether oxygens (including phenoxy) is 1. The van der Waals surface area contributed by atoms with E-state index in [-0.39, 0.29) is 24.9 Å². The monoisotopic (exact) mass is 358 g/mol. The van der Waals surface area contributed by atoms with E-state index in [0.29, 0.717) is 6.54 Å². The number of likely N-dealkylation sites (N-methyl/N-ethyl adjacent to an activating group) is 1. The third-order valence-electron chi connectivity index (χ3n) is 4.25. The average molecular weight is 358 g/mol. The number of benzene rings is 1. The highest BCUT2D eigenvalue weighted by molar-refractivity contribution is 7.86. The van der Waals surface area contributed by atoms with Gasteiger partial charge in [-0.15, -0.1) is 3.89 Å². The molecule has 8 heteroatoms. The van der Waals surface area contributed by atoms with Gasteiger partial charge in [-0.05, 0) is 31.8 Å². The number of likely N-dealkylation sites (tertiary alicyclic amines) is 1. The van der Waals surface area contributed by atoms with Crippen molar-refractivity contribution < 1.29 is 21.8 Å². The fourth-order valence-electron chi connectivity index (χ4n) is 3.03. The zero-order valence-corrected chi connectivity index (χ0v) is 14.9. The summed E-state index contributed by atoms with van der Waals surface area (Å²) in [4.78, 5) is 15.7. The van der Waals surface area contributed by atoms with Crippen LogP contribution >= 0.6 is 0 Å². The molecule has 0 spiro atoms. The first kappa shape index (κ1) is 18.7. The Morgan fingerprint density at radius 3 is 2.46 bits per heavy atom. The summed E-state index contributed by atoms with van der Waals surface area (Å²) in [6, 6.07) is 7.55. The summed E-state index contributed by atoms with van der Waals surface area (Å²) in [6.45, 7) is 0.698. The molecular weight excluding hydrogens is 335 g/mol. The van der Waals surface area contributed by atoms with Crippen molar-refractivity contribution in [2.75, 3.05) is 40.0 Å². The van der Waals surface area contributed by atoms with E-state index >= 15 is 0 Å². The number of rotatable bonds is 7. The Morgan fingerprint density at radius 1 is 1.33 bits per heavy atom. The van der Waals surface area contributed by atoms with Crippen LogP contribution in [0.15, 0.2) is 24.3 Å². The largest absolute Gasteiger partial charge is 0.497 e. The Hall–Kier alpha value is -1.67. The lowest BCUT2D eigenvalue weighted by Crippen LogP contribution is -2.36. The molecule has 1 aliphatic rings. The topological polar surface area (TPSA) is 66.9 Å². The van der Waals surface area contributed by atoms with Crippen LogP contribution in [0.3, 0.4) is 0 Å². The van der Waals surface area contributed by atoms with Gasteiger partial charge in [0.05, 0.1) is 18.9 Å². The van der Waals surface area contributed by atoms with E-state index in [9.17, 15) is 17.1 Å². The molecule has 0 bridgehead atoms. The highest BCUT2D eigenvalue weighted by Gasteiger charge is 2.34. The lowest BCUT2D eigenvalue weighted by Gasteiger charge is -2.29. The lowest BCUT2D eigenvalue weighted by molar-refractivity contribution is -0.128. The van der Waals surface area contributed by atoms with Crippen LogP contribution in [-0.2, 0) is 15.0 Å². The molecule has 1 heterocycles. The molecule has 2 unspecified atom stereocenters. The van der Waals surface area contributed by atoms with Gasteiger partial charge in [0.25, 0.3) is 0 Å². The summed E-state index contributed by atoms with van der Waals surface area (Å²) in [7, 11) is 0.867. The highest BCUT2D eigenvalue weighted by atomic mass is 32.3. The zero-order chi connectivity index (χ0) is 17.9. The van der Waals surface area contributed by atoms with Crippen LogP contribution in [0.5, 0.6) is 5.75 Å². The smallest absolute Gasteiger partial charge is 0.302 e. The number of nitrogens with zero attached hydrogens (tertiary/aromatic N) is 2. The Labute approximate surface area is 142 Å². The first-order chi connectivity index (χ1) is 11.2. The van der Waals surface area contributed by atoms with Crippen LogP contribution in [0.1, 0.15) is 18.0 Å². The van der Waals surface area contributed by atoms with Crippen molar-refractivity contribution in [3.63, 3.8) is 0 Å². The summed E-state index contributed by atoms with van der Waals surface area (Å²) in [6.07, 6.45) is 0.0753. The van der Waals surface area contributed by atoms with Gasteiger partial charge >= 0.3 is 10.2 Å². The molecule has 0 N–H and O–H groups in total. The summed E-state index contributed by atoms with van der Waals surface area (Å²) in [5.74, 6) is -0.457. The molecule has 1 fully saturated rings. The second-order valence-corrected chi connectivity index (χ2v) is 7.74. The van der Waals surface area contributed by atoms with Crippen molar-refractivity contribution in [3.05, 3.63) is 29.8 Å². The van der Waals surface area contributed by atoms with Crippen molar-refractivity contribution >= 4 is 16.1 Å². The molecule has 6 nitrogen and oxygen atoms in total. The van der Waals surface area contributed by atoms with Gasteiger partial charge in [0.15, 0.2) is 0 Å². The predicted molar refractivity (Wildman–Crippen MR) is 89.0 cm³/mol. The molecule has 2 atom stereocenters. The summed E-state index contributed by atoms with van der Waals surface area (Å²) in [5.41, 5.74) is 1.02. The van der Waals surface area contributed by atoms with Crippen LogP contribution in [0.2, 0.25) is 0 Å². The van der Waals surface area contributed by atoms with Gasteiger partial charge in [-0.2, -0.15) is 8.42 Å². The van der Waals surface area contributed by atoms with E-state index < -0.39 is 21.9 Å². The Bertz CT molecular complexity index is 676. The molecule has 1 aromatic carbocycles. The predicted octanol–water partition coefficient (Wildman–Crippen LogP) is 1.45. The number of hydrogen-bond acceptors (Lipinski definition) is 5. The molecular formula is C16H23FN2O4S. The van der Waals surface area contributed by atoms with Gasteiger partial charge in [0.2, 0.25) is 5.91 Å². The molecule has 0 radical (unpaired) electrons. The fourth-order valence-corrected chi connectivity index (χ4v) is 3.81. The first-order valence-corrected chi connectivity index (χ1v) is 9.25. The van der Waals surface area contributed by atoms with Crippen LogP contribution in [0.4, 0.5) is 3.89 Å². The quantitative estimate of drug-likeness (QED) is 0.690. The van der Waals surface area contributed by atoms with Crippen LogP contribution in [0.25, 0.3) is 0 Å². The second-order valence-electron chi connectivity index (χ2n) is 6.33. The van der Waals surface area contributed by atoms with Crippen molar-refractivity contribution in [1.29, 1.82) is 0 Å².